The van der Waals surface area contributed by atoms with Crippen molar-refractivity contribution in [2.75, 3.05) is 39.6 Å². The molecule has 0 rings (SSSR count). The van der Waals surface area contributed by atoms with Crippen LogP contribution in [0, 0.1) is 23.7 Å². The van der Waals surface area contributed by atoms with E-state index in [1.54, 1.807) is 0 Å². The molecule has 0 amide bonds. The molecule has 0 aliphatic heterocycles. The summed E-state index contributed by atoms with van der Waals surface area (Å²) in [6.45, 7) is 14.3. The van der Waals surface area contributed by atoms with E-state index < -0.39 is 97.5 Å². The summed E-state index contributed by atoms with van der Waals surface area (Å²) >= 11 is 0. The van der Waals surface area contributed by atoms with Gasteiger partial charge in [0.15, 0.2) is 12.2 Å². The maximum absolute atomic E-state index is 13.1. The second-order valence-corrected chi connectivity index (χ2v) is 32.6. The Labute approximate surface area is 600 Å². The summed E-state index contributed by atoms with van der Waals surface area (Å²) in [5.41, 5.74) is 0. The predicted octanol–water partition coefficient (Wildman–Crippen LogP) is 23.2. The molecule has 17 nitrogen and oxygen atoms in total. The number of hydrogen-bond acceptors (Lipinski definition) is 15. The zero-order chi connectivity index (χ0) is 72.4. The molecule has 0 heterocycles. The standard InChI is InChI=1S/C79H154O17P2/c1-9-70(6)56-48-40-32-26-20-16-12-13-17-22-29-35-45-53-61-78(83)96-75(66-90-77(82)60-52-44-38-37-42-50-58-72(8)11-3)68-94-98(87,88)92-64-73(80)63-91-97(85,86)93-67-74(95-79(84)62-54-46-36-30-24-23-27-33-41-49-57-71(7)10-2)65-89-76(81)59-51-43-34-28-21-18-14-15-19-25-31-39-47-55-69(4)5/h69-75,80H,9-68H2,1-8H3,(H,85,86)(H,87,88)/t70?,71?,72?,73-,74-,75-/m1/s1. The van der Waals surface area contributed by atoms with Gasteiger partial charge >= 0.3 is 39.5 Å². The minimum Gasteiger partial charge on any atom is -0.462 e. The molecule has 0 bridgehead atoms. The van der Waals surface area contributed by atoms with Crippen molar-refractivity contribution < 1.29 is 80.2 Å². The van der Waals surface area contributed by atoms with Gasteiger partial charge in [0.1, 0.15) is 19.3 Å². The Morgan fingerprint density at radius 1 is 0.286 bits per heavy atom. The SMILES string of the molecule is CCC(C)CCCCCCCCCCCCCCCCC(=O)O[C@H](COC(=O)CCCCCCCCC(C)CC)COP(=O)(O)OC[C@H](O)COP(=O)(O)OC[C@@H](COC(=O)CCCCCCCCCCCCCCCC(C)C)OC(=O)CCCCCCCCCCCCC(C)CC. The lowest BCUT2D eigenvalue weighted by atomic mass is 9.99. The maximum Gasteiger partial charge on any atom is 0.472 e. The lowest BCUT2D eigenvalue weighted by Gasteiger charge is -2.21. The first-order chi connectivity index (χ1) is 47.2. The number of aliphatic hydroxyl groups is 1. The Morgan fingerprint density at radius 2 is 0.490 bits per heavy atom. The molecule has 0 radical (unpaired) electrons. The van der Waals surface area contributed by atoms with Gasteiger partial charge in [0.05, 0.1) is 26.4 Å². The number of phosphoric acid groups is 2. The summed E-state index contributed by atoms with van der Waals surface area (Å²) in [4.78, 5) is 73.0. The van der Waals surface area contributed by atoms with E-state index in [0.29, 0.717) is 25.7 Å². The lowest BCUT2D eigenvalue weighted by molar-refractivity contribution is -0.161. The monoisotopic (exact) mass is 1440 g/mol. The smallest absolute Gasteiger partial charge is 0.462 e. The van der Waals surface area contributed by atoms with Crippen molar-refractivity contribution in [2.24, 2.45) is 23.7 Å². The van der Waals surface area contributed by atoms with Crippen molar-refractivity contribution in [3.05, 3.63) is 0 Å². The third kappa shape index (κ3) is 68.5. The molecular weight excluding hydrogens is 1280 g/mol. The first-order valence-electron chi connectivity index (χ1n) is 40.8. The van der Waals surface area contributed by atoms with E-state index in [0.717, 1.165) is 120 Å². The molecule has 98 heavy (non-hydrogen) atoms. The number of rotatable bonds is 76. The van der Waals surface area contributed by atoms with Crippen molar-refractivity contribution >= 4 is 39.5 Å². The normalized spacial score (nSPS) is 14.9. The number of hydrogen-bond donors (Lipinski definition) is 3. The van der Waals surface area contributed by atoms with Crippen molar-refractivity contribution in [2.45, 2.75) is 420 Å². The molecule has 0 aromatic rings. The quantitative estimate of drug-likeness (QED) is 0.0222. The average Bonchev–Trinajstić information content (AvgIpc) is 0.948. The first-order valence-corrected chi connectivity index (χ1v) is 43.8. The van der Waals surface area contributed by atoms with Gasteiger partial charge in [-0.15, -0.1) is 0 Å². The Balaban J connectivity index is 5.25. The van der Waals surface area contributed by atoms with Crippen molar-refractivity contribution in [1.82, 2.24) is 0 Å². The van der Waals surface area contributed by atoms with Crippen LogP contribution < -0.4 is 0 Å². The van der Waals surface area contributed by atoms with Crippen LogP contribution in [-0.4, -0.2) is 96.7 Å². The summed E-state index contributed by atoms with van der Waals surface area (Å²) in [6, 6.07) is 0. The minimum atomic E-state index is -4.96. The molecule has 0 aliphatic carbocycles. The van der Waals surface area contributed by atoms with Gasteiger partial charge in [0, 0.05) is 25.7 Å². The van der Waals surface area contributed by atoms with Gasteiger partial charge in [0.25, 0.3) is 0 Å². The van der Waals surface area contributed by atoms with Crippen LogP contribution in [0.15, 0.2) is 0 Å². The molecule has 8 atom stereocenters. The van der Waals surface area contributed by atoms with Gasteiger partial charge in [-0.1, -0.05) is 351 Å². The van der Waals surface area contributed by atoms with E-state index >= 15 is 0 Å². The van der Waals surface area contributed by atoms with Gasteiger partial charge < -0.3 is 33.8 Å². The number of esters is 4. The first kappa shape index (κ1) is 96.1. The van der Waals surface area contributed by atoms with Crippen molar-refractivity contribution in [3.8, 4) is 0 Å². The van der Waals surface area contributed by atoms with Crippen LogP contribution in [0.3, 0.4) is 0 Å². The van der Waals surface area contributed by atoms with E-state index in [9.17, 15) is 43.2 Å². The third-order valence-corrected chi connectivity index (χ3v) is 21.3. The molecule has 0 aliphatic rings. The van der Waals surface area contributed by atoms with Crippen LogP contribution >= 0.6 is 15.6 Å². The zero-order valence-corrected chi connectivity index (χ0v) is 66.2. The van der Waals surface area contributed by atoms with Gasteiger partial charge in [-0.05, 0) is 49.4 Å². The largest absolute Gasteiger partial charge is 0.472 e. The molecule has 0 aromatic heterocycles. The number of phosphoric ester groups is 2. The highest BCUT2D eigenvalue weighted by molar-refractivity contribution is 7.47. The number of carbonyl (C=O) groups is 4. The van der Waals surface area contributed by atoms with Crippen LogP contribution in [0.25, 0.3) is 0 Å². The molecule has 19 heteroatoms. The fourth-order valence-electron chi connectivity index (χ4n) is 12.0. The third-order valence-electron chi connectivity index (χ3n) is 19.4. The molecule has 0 spiro atoms. The molecule has 3 N–H and O–H groups in total. The molecule has 5 unspecified atom stereocenters. The summed E-state index contributed by atoms with van der Waals surface area (Å²) < 4.78 is 68.7. The second-order valence-electron chi connectivity index (χ2n) is 29.7. The highest BCUT2D eigenvalue weighted by atomic mass is 31.2. The van der Waals surface area contributed by atoms with Gasteiger partial charge in [-0.25, -0.2) is 9.13 Å². The highest BCUT2D eigenvalue weighted by Gasteiger charge is 2.30. The Hall–Kier alpha value is -1.94. The Kier molecular flexibility index (Phi) is 66.8. The number of ether oxygens (including phenoxy) is 4. The molecule has 0 saturated heterocycles. The number of carbonyl (C=O) groups excluding carboxylic acids is 4. The summed E-state index contributed by atoms with van der Waals surface area (Å²) in [6.07, 6.45) is 53.9. The molecule has 582 valence electrons. The van der Waals surface area contributed by atoms with Crippen LogP contribution in [0.1, 0.15) is 402 Å². The van der Waals surface area contributed by atoms with Crippen LogP contribution in [0.2, 0.25) is 0 Å². The summed E-state index contributed by atoms with van der Waals surface area (Å²) in [7, 11) is -9.92. The van der Waals surface area contributed by atoms with Crippen molar-refractivity contribution in [1.29, 1.82) is 0 Å². The fraction of sp³-hybridized carbons (Fsp3) is 0.949. The Morgan fingerprint density at radius 3 is 0.724 bits per heavy atom. The summed E-state index contributed by atoms with van der Waals surface area (Å²) in [5, 5.41) is 10.6. The minimum absolute atomic E-state index is 0.106. The van der Waals surface area contributed by atoms with Crippen LogP contribution in [-0.2, 0) is 65.4 Å². The number of aliphatic hydroxyl groups excluding tert-OH is 1. The van der Waals surface area contributed by atoms with Gasteiger partial charge in [-0.2, -0.15) is 0 Å². The average molecular weight is 1440 g/mol. The van der Waals surface area contributed by atoms with Crippen LogP contribution in [0.5, 0.6) is 0 Å². The molecule has 0 aromatic carbocycles. The topological polar surface area (TPSA) is 237 Å². The van der Waals surface area contributed by atoms with E-state index in [2.05, 4.69) is 55.4 Å². The van der Waals surface area contributed by atoms with Gasteiger partial charge in [0.2, 0.25) is 0 Å². The maximum atomic E-state index is 13.1. The second kappa shape index (κ2) is 68.2. The van der Waals surface area contributed by atoms with E-state index in [4.69, 9.17) is 37.0 Å². The number of unbranched alkanes of at least 4 members (excludes halogenated alkanes) is 39. The predicted molar refractivity (Wildman–Crippen MR) is 400 cm³/mol. The fourth-order valence-corrected chi connectivity index (χ4v) is 13.6. The Bertz CT molecular complexity index is 1930. The summed E-state index contributed by atoms with van der Waals surface area (Å²) in [5.74, 6) is 1.05. The zero-order valence-electron chi connectivity index (χ0n) is 64.4. The molecular formula is C79H154O17P2. The van der Waals surface area contributed by atoms with E-state index in [1.165, 1.54) is 199 Å². The van der Waals surface area contributed by atoms with E-state index in [1.807, 2.05) is 0 Å². The van der Waals surface area contributed by atoms with Gasteiger partial charge in [-0.3, -0.25) is 37.3 Å². The molecule has 0 fully saturated rings. The lowest BCUT2D eigenvalue weighted by Crippen LogP contribution is -2.30. The molecule has 0 saturated carbocycles. The van der Waals surface area contributed by atoms with E-state index in [-0.39, 0.29) is 25.7 Å². The van der Waals surface area contributed by atoms with Crippen molar-refractivity contribution in [3.63, 3.8) is 0 Å². The van der Waals surface area contributed by atoms with Crippen LogP contribution in [0.4, 0.5) is 0 Å². The highest BCUT2D eigenvalue weighted by Crippen LogP contribution is 2.45.